The SMILES string of the molecule is CNC(Cc1ccc2ccccc2n1)C1CC2CCC1O2. The summed E-state index contributed by atoms with van der Waals surface area (Å²) in [6.07, 6.45) is 5.67. The highest BCUT2D eigenvalue weighted by Gasteiger charge is 2.43. The fraction of sp³-hybridized carbons (Fsp3) is 0.500. The van der Waals surface area contributed by atoms with Crippen LogP contribution in [-0.2, 0) is 11.2 Å². The molecule has 2 saturated heterocycles. The van der Waals surface area contributed by atoms with Gasteiger partial charge in [-0.15, -0.1) is 0 Å². The van der Waals surface area contributed by atoms with Crippen molar-refractivity contribution in [3.8, 4) is 0 Å². The van der Waals surface area contributed by atoms with Gasteiger partial charge in [-0.2, -0.15) is 0 Å². The Kier molecular flexibility index (Phi) is 3.40. The summed E-state index contributed by atoms with van der Waals surface area (Å²) in [4.78, 5) is 4.82. The van der Waals surface area contributed by atoms with Crippen LogP contribution in [0.2, 0.25) is 0 Å². The Bertz CT molecular complexity index is 642. The van der Waals surface area contributed by atoms with Crippen molar-refractivity contribution in [2.75, 3.05) is 7.05 Å². The molecule has 2 aromatic rings. The van der Waals surface area contributed by atoms with E-state index in [0.717, 1.165) is 11.9 Å². The standard InChI is InChI=1S/C18H22N2O/c1-19-17(15-11-14-8-9-18(15)21-14)10-13-7-6-12-4-2-3-5-16(12)20-13/h2-7,14-15,17-19H,8-11H2,1H3. The molecule has 1 aromatic heterocycles. The van der Waals surface area contributed by atoms with Crippen LogP contribution in [0.4, 0.5) is 0 Å². The first-order valence-electron chi connectivity index (χ1n) is 8.01. The smallest absolute Gasteiger partial charge is 0.0705 e. The molecule has 0 radical (unpaired) electrons. The fourth-order valence-electron chi connectivity index (χ4n) is 4.02. The second-order valence-electron chi connectivity index (χ2n) is 6.37. The van der Waals surface area contributed by atoms with Crippen molar-refractivity contribution in [3.05, 3.63) is 42.1 Å². The minimum Gasteiger partial charge on any atom is -0.375 e. The number of pyridine rings is 1. The Hall–Kier alpha value is -1.45. The molecule has 0 saturated carbocycles. The number of fused-ring (bicyclic) bond motifs is 3. The minimum atomic E-state index is 0.466. The zero-order valence-electron chi connectivity index (χ0n) is 12.5. The summed E-state index contributed by atoms with van der Waals surface area (Å²) in [7, 11) is 2.07. The molecular formula is C18H22N2O. The van der Waals surface area contributed by atoms with Crippen LogP contribution < -0.4 is 5.32 Å². The Morgan fingerprint density at radius 1 is 1.24 bits per heavy atom. The summed E-state index contributed by atoms with van der Waals surface area (Å²) in [6, 6.07) is 13.1. The van der Waals surface area contributed by atoms with Gasteiger partial charge in [-0.1, -0.05) is 24.3 Å². The molecule has 110 valence electrons. The van der Waals surface area contributed by atoms with Gasteiger partial charge in [-0.3, -0.25) is 4.98 Å². The van der Waals surface area contributed by atoms with Gasteiger partial charge in [0.1, 0.15) is 0 Å². The summed E-state index contributed by atoms with van der Waals surface area (Å²) in [5.41, 5.74) is 2.27. The zero-order chi connectivity index (χ0) is 14.2. The van der Waals surface area contributed by atoms with Crippen molar-refractivity contribution < 1.29 is 4.74 Å². The molecule has 1 aromatic carbocycles. The van der Waals surface area contributed by atoms with Gasteiger partial charge in [0.15, 0.2) is 0 Å². The topological polar surface area (TPSA) is 34.2 Å². The number of nitrogens with zero attached hydrogens (tertiary/aromatic N) is 1. The first-order chi connectivity index (χ1) is 10.3. The molecule has 0 spiro atoms. The highest BCUT2D eigenvalue weighted by atomic mass is 16.5. The summed E-state index contributed by atoms with van der Waals surface area (Å²) >= 11 is 0. The van der Waals surface area contributed by atoms with Crippen LogP contribution in [0.25, 0.3) is 10.9 Å². The second-order valence-corrected chi connectivity index (χ2v) is 6.37. The molecule has 3 heteroatoms. The molecule has 0 amide bonds. The van der Waals surface area contributed by atoms with Crippen molar-refractivity contribution >= 4 is 10.9 Å². The van der Waals surface area contributed by atoms with E-state index in [1.165, 1.54) is 30.3 Å². The lowest BCUT2D eigenvalue weighted by molar-refractivity contribution is 0.0863. The van der Waals surface area contributed by atoms with Crippen molar-refractivity contribution in [1.82, 2.24) is 10.3 Å². The zero-order valence-corrected chi connectivity index (χ0v) is 12.5. The quantitative estimate of drug-likeness (QED) is 0.936. The van der Waals surface area contributed by atoms with Crippen molar-refractivity contribution in [2.45, 2.75) is 43.9 Å². The fourth-order valence-corrected chi connectivity index (χ4v) is 4.02. The van der Waals surface area contributed by atoms with Crippen LogP contribution in [0.1, 0.15) is 25.0 Å². The van der Waals surface area contributed by atoms with Gasteiger partial charge in [-0.05, 0) is 38.4 Å². The number of hydrogen-bond acceptors (Lipinski definition) is 3. The predicted molar refractivity (Wildman–Crippen MR) is 84.3 cm³/mol. The third-order valence-corrected chi connectivity index (χ3v) is 5.13. The number of hydrogen-bond donors (Lipinski definition) is 1. The maximum atomic E-state index is 6.02. The predicted octanol–water partition coefficient (Wildman–Crippen LogP) is 2.93. The molecule has 2 fully saturated rings. The lowest BCUT2D eigenvalue weighted by Crippen LogP contribution is -2.40. The van der Waals surface area contributed by atoms with Crippen molar-refractivity contribution in [3.63, 3.8) is 0 Å². The molecule has 4 unspecified atom stereocenters. The van der Waals surface area contributed by atoms with Gasteiger partial charge in [0.05, 0.1) is 17.7 Å². The van der Waals surface area contributed by atoms with E-state index in [4.69, 9.17) is 9.72 Å². The van der Waals surface area contributed by atoms with Crippen LogP contribution in [0, 0.1) is 5.92 Å². The molecular weight excluding hydrogens is 260 g/mol. The van der Waals surface area contributed by atoms with E-state index in [1.807, 2.05) is 0 Å². The molecule has 2 aliphatic heterocycles. The van der Waals surface area contributed by atoms with Crippen LogP contribution in [-0.4, -0.2) is 30.3 Å². The Balaban J connectivity index is 1.54. The first kappa shape index (κ1) is 13.2. The van der Waals surface area contributed by atoms with E-state index >= 15 is 0 Å². The molecule has 1 N–H and O–H groups in total. The van der Waals surface area contributed by atoms with Gasteiger partial charge >= 0.3 is 0 Å². The lowest BCUT2D eigenvalue weighted by atomic mass is 9.82. The van der Waals surface area contributed by atoms with Gasteiger partial charge < -0.3 is 10.1 Å². The highest BCUT2D eigenvalue weighted by molar-refractivity contribution is 5.78. The highest BCUT2D eigenvalue weighted by Crippen LogP contribution is 2.40. The minimum absolute atomic E-state index is 0.466. The average molecular weight is 282 g/mol. The summed E-state index contributed by atoms with van der Waals surface area (Å²) in [5, 5.41) is 4.72. The van der Waals surface area contributed by atoms with E-state index < -0.39 is 0 Å². The Labute approximate surface area is 125 Å². The largest absolute Gasteiger partial charge is 0.375 e. The van der Waals surface area contributed by atoms with E-state index in [2.05, 4.69) is 48.8 Å². The lowest BCUT2D eigenvalue weighted by Gasteiger charge is -2.28. The molecule has 0 aliphatic carbocycles. The molecule has 2 aliphatic rings. The summed E-state index contributed by atoms with van der Waals surface area (Å²) < 4.78 is 6.02. The number of rotatable bonds is 4. The van der Waals surface area contributed by atoms with Crippen LogP contribution >= 0.6 is 0 Å². The molecule has 3 heterocycles. The number of benzene rings is 1. The third kappa shape index (κ3) is 2.45. The molecule has 3 nitrogen and oxygen atoms in total. The second kappa shape index (κ2) is 5.39. The molecule has 4 atom stereocenters. The van der Waals surface area contributed by atoms with E-state index in [9.17, 15) is 0 Å². The monoisotopic (exact) mass is 282 g/mol. The Morgan fingerprint density at radius 2 is 2.14 bits per heavy atom. The van der Waals surface area contributed by atoms with Crippen LogP contribution in [0.5, 0.6) is 0 Å². The van der Waals surface area contributed by atoms with Gasteiger partial charge in [0.2, 0.25) is 0 Å². The number of aromatic nitrogens is 1. The summed E-state index contributed by atoms with van der Waals surface area (Å²) in [6.45, 7) is 0. The first-order valence-corrected chi connectivity index (χ1v) is 8.01. The maximum Gasteiger partial charge on any atom is 0.0705 e. The Morgan fingerprint density at radius 3 is 2.90 bits per heavy atom. The summed E-state index contributed by atoms with van der Waals surface area (Å²) in [5.74, 6) is 0.641. The normalized spacial score (nSPS) is 29.1. The van der Waals surface area contributed by atoms with Gasteiger partial charge in [0, 0.05) is 29.5 Å². The average Bonchev–Trinajstić information content (AvgIpc) is 3.15. The molecule has 21 heavy (non-hydrogen) atoms. The van der Waals surface area contributed by atoms with E-state index in [0.29, 0.717) is 24.2 Å². The number of ether oxygens (including phenoxy) is 1. The van der Waals surface area contributed by atoms with Crippen LogP contribution in [0.3, 0.4) is 0 Å². The number of likely N-dealkylation sites (N-methyl/N-ethyl adjacent to an activating group) is 1. The molecule has 2 bridgehead atoms. The van der Waals surface area contributed by atoms with E-state index in [1.54, 1.807) is 0 Å². The van der Waals surface area contributed by atoms with Gasteiger partial charge in [-0.25, -0.2) is 0 Å². The number of para-hydroxylation sites is 1. The molecule has 4 rings (SSSR count). The van der Waals surface area contributed by atoms with Crippen molar-refractivity contribution in [1.29, 1.82) is 0 Å². The van der Waals surface area contributed by atoms with E-state index in [-0.39, 0.29) is 0 Å². The van der Waals surface area contributed by atoms with Crippen LogP contribution in [0.15, 0.2) is 36.4 Å². The van der Waals surface area contributed by atoms with Crippen molar-refractivity contribution in [2.24, 2.45) is 5.92 Å². The van der Waals surface area contributed by atoms with Gasteiger partial charge in [0.25, 0.3) is 0 Å². The third-order valence-electron chi connectivity index (χ3n) is 5.13. The maximum absolute atomic E-state index is 6.02. The number of nitrogens with one attached hydrogen (secondary N) is 1.